The van der Waals surface area contributed by atoms with E-state index in [1.54, 1.807) is 0 Å². The number of carbonyl (C=O) groups is 1. The molecule has 5 nitrogen and oxygen atoms in total. The lowest BCUT2D eigenvalue weighted by Crippen LogP contribution is -2.22. The van der Waals surface area contributed by atoms with Crippen molar-refractivity contribution in [3.8, 4) is 0 Å². The van der Waals surface area contributed by atoms with Gasteiger partial charge in [0.2, 0.25) is 0 Å². The normalized spacial score (nSPS) is 26.6. The Bertz CT molecular complexity index is 357. The van der Waals surface area contributed by atoms with Crippen LogP contribution in [0, 0.1) is 0 Å². The number of carboxylic acid groups (broad SMARTS) is 1. The number of hydrogen-bond acceptors (Lipinski definition) is 5. The molecule has 0 aromatic carbocycles. The van der Waals surface area contributed by atoms with Crippen LogP contribution >= 0.6 is 11.8 Å². The zero-order valence-corrected chi connectivity index (χ0v) is 8.50. The molecule has 2 rings (SSSR count). The highest BCUT2D eigenvalue weighted by Gasteiger charge is 2.36. The van der Waals surface area contributed by atoms with E-state index in [-0.39, 0.29) is 11.3 Å². The van der Waals surface area contributed by atoms with Gasteiger partial charge in [0.15, 0.2) is 5.82 Å². The molecule has 0 saturated carbocycles. The highest BCUT2D eigenvalue weighted by Crippen LogP contribution is 2.36. The van der Waals surface area contributed by atoms with E-state index in [2.05, 4.69) is 14.7 Å². The SMILES string of the molecule is CC1(c2noc(C(=O)O)n2)CCSC1. The Kier molecular flexibility index (Phi) is 2.22. The molecule has 1 saturated heterocycles. The number of nitrogens with zero attached hydrogens (tertiary/aromatic N) is 2. The second-order valence-electron chi connectivity index (χ2n) is 3.59. The average molecular weight is 214 g/mol. The van der Waals surface area contributed by atoms with E-state index < -0.39 is 5.97 Å². The van der Waals surface area contributed by atoms with Crippen LogP contribution in [0.5, 0.6) is 0 Å². The Morgan fingerprint density at radius 2 is 2.50 bits per heavy atom. The number of carboxylic acids is 1. The summed E-state index contributed by atoms with van der Waals surface area (Å²) in [4.78, 5) is 14.4. The largest absolute Gasteiger partial charge is 0.474 e. The molecule has 0 amide bonds. The standard InChI is InChI=1S/C8H10N2O3S/c1-8(2-3-14-4-8)7-9-5(6(11)12)13-10-7/h2-4H2,1H3,(H,11,12). The van der Waals surface area contributed by atoms with E-state index in [0.29, 0.717) is 5.82 Å². The van der Waals surface area contributed by atoms with Crippen LogP contribution in [0.15, 0.2) is 4.52 Å². The first-order valence-corrected chi connectivity index (χ1v) is 5.42. The van der Waals surface area contributed by atoms with Crippen molar-refractivity contribution in [2.45, 2.75) is 18.8 Å². The van der Waals surface area contributed by atoms with Crippen molar-refractivity contribution in [2.24, 2.45) is 0 Å². The Hall–Kier alpha value is -1.04. The van der Waals surface area contributed by atoms with Gasteiger partial charge < -0.3 is 9.63 Å². The molecule has 1 aromatic heterocycles. The van der Waals surface area contributed by atoms with E-state index in [9.17, 15) is 4.79 Å². The van der Waals surface area contributed by atoms with Crippen molar-refractivity contribution in [3.05, 3.63) is 11.7 Å². The van der Waals surface area contributed by atoms with Crippen molar-refractivity contribution < 1.29 is 14.4 Å². The molecule has 1 fully saturated rings. The number of thioether (sulfide) groups is 1. The van der Waals surface area contributed by atoms with Gasteiger partial charge in [0.1, 0.15) is 0 Å². The number of rotatable bonds is 2. The molecular formula is C8H10N2O3S. The number of aromatic nitrogens is 2. The van der Waals surface area contributed by atoms with Crippen LogP contribution in [-0.2, 0) is 5.41 Å². The molecule has 14 heavy (non-hydrogen) atoms. The van der Waals surface area contributed by atoms with E-state index in [4.69, 9.17) is 5.11 Å². The third kappa shape index (κ3) is 1.50. The molecular weight excluding hydrogens is 204 g/mol. The predicted molar refractivity (Wildman–Crippen MR) is 50.6 cm³/mol. The lowest BCUT2D eigenvalue weighted by Gasteiger charge is -2.16. The minimum atomic E-state index is -1.17. The van der Waals surface area contributed by atoms with Gasteiger partial charge in [-0.1, -0.05) is 12.1 Å². The van der Waals surface area contributed by atoms with Crippen molar-refractivity contribution in [1.82, 2.24) is 10.1 Å². The Balaban J connectivity index is 2.28. The van der Waals surface area contributed by atoms with Crippen LogP contribution in [0.1, 0.15) is 29.9 Å². The topological polar surface area (TPSA) is 76.2 Å². The molecule has 1 aliphatic rings. The summed E-state index contributed by atoms with van der Waals surface area (Å²) < 4.78 is 4.63. The summed E-state index contributed by atoms with van der Waals surface area (Å²) >= 11 is 1.82. The first-order chi connectivity index (χ1) is 6.62. The van der Waals surface area contributed by atoms with Crippen molar-refractivity contribution in [3.63, 3.8) is 0 Å². The highest BCUT2D eigenvalue weighted by atomic mass is 32.2. The first kappa shape index (κ1) is 9.51. The zero-order chi connectivity index (χ0) is 10.2. The van der Waals surface area contributed by atoms with E-state index >= 15 is 0 Å². The van der Waals surface area contributed by atoms with Gasteiger partial charge in [-0.3, -0.25) is 0 Å². The molecule has 2 heterocycles. The quantitative estimate of drug-likeness (QED) is 0.796. The van der Waals surface area contributed by atoms with Crippen LogP contribution < -0.4 is 0 Å². The highest BCUT2D eigenvalue weighted by molar-refractivity contribution is 7.99. The maximum atomic E-state index is 10.5. The Morgan fingerprint density at radius 3 is 3.00 bits per heavy atom. The molecule has 1 unspecified atom stereocenters. The van der Waals surface area contributed by atoms with E-state index in [0.717, 1.165) is 17.9 Å². The van der Waals surface area contributed by atoms with Crippen molar-refractivity contribution >= 4 is 17.7 Å². The summed E-state index contributed by atoms with van der Waals surface area (Å²) in [6.45, 7) is 2.03. The van der Waals surface area contributed by atoms with Crippen molar-refractivity contribution in [2.75, 3.05) is 11.5 Å². The monoisotopic (exact) mass is 214 g/mol. The third-order valence-electron chi connectivity index (χ3n) is 2.37. The predicted octanol–water partition coefficient (Wildman–Crippen LogP) is 1.16. The van der Waals surface area contributed by atoms with Gasteiger partial charge in [-0.05, 0) is 12.2 Å². The second kappa shape index (κ2) is 3.27. The van der Waals surface area contributed by atoms with Gasteiger partial charge in [0.05, 0.1) is 0 Å². The molecule has 0 spiro atoms. The van der Waals surface area contributed by atoms with E-state index in [1.807, 2.05) is 18.7 Å². The second-order valence-corrected chi connectivity index (χ2v) is 4.70. The average Bonchev–Trinajstić information content (AvgIpc) is 2.71. The summed E-state index contributed by atoms with van der Waals surface area (Å²) in [5.41, 5.74) is -0.123. The zero-order valence-electron chi connectivity index (χ0n) is 7.69. The van der Waals surface area contributed by atoms with Gasteiger partial charge in [0.25, 0.3) is 0 Å². The summed E-state index contributed by atoms with van der Waals surface area (Å²) in [6, 6.07) is 0. The van der Waals surface area contributed by atoms with Crippen LogP contribution in [0.2, 0.25) is 0 Å². The molecule has 1 aromatic rings. The lowest BCUT2D eigenvalue weighted by molar-refractivity contribution is 0.0643. The van der Waals surface area contributed by atoms with Crippen LogP contribution in [0.3, 0.4) is 0 Å². The number of aromatic carboxylic acids is 1. The number of hydrogen-bond donors (Lipinski definition) is 1. The minimum Gasteiger partial charge on any atom is -0.474 e. The summed E-state index contributed by atoms with van der Waals surface area (Å²) in [6.07, 6.45) is 0.969. The minimum absolute atomic E-state index is 0.123. The molecule has 1 atom stereocenters. The molecule has 0 radical (unpaired) electrons. The third-order valence-corrected chi connectivity index (χ3v) is 3.70. The summed E-state index contributed by atoms with van der Waals surface area (Å²) in [7, 11) is 0. The molecule has 0 bridgehead atoms. The maximum Gasteiger partial charge on any atom is 0.394 e. The van der Waals surface area contributed by atoms with Crippen LogP contribution in [-0.4, -0.2) is 32.7 Å². The Morgan fingerprint density at radius 1 is 1.71 bits per heavy atom. The van der Waals surface area contributed by atoms with E-state index in [1.165, 1.54) is 0 Å². The molecule has 0 aliphatic carbocycles. The first-order valence-electron chi connectivity index (χ1n) is 4.27. The molecule has 76 valence electrons. The van der Waals surface area contributed by atoms with Gasteiger partial charge in [-0.2, -0.15) is 16.7 Å². The summed E-state index contributed by atoms with van der Waals surface area (Å²) in [5, 5.41) is 12.3. The maximum absolute atomic E-state index is 10.5. The van der Waals surface area contributed by atoms with Crippen LogP contribution in [0.25, 0.3) is 0 Å². The molecule has 1 aliphatic heterocycles. The Labute approximate surface area is 84.9 Å². The molecule has 1 N–H and O–H groups in total. The smallest absolute Gasteiger partial charge is 0.394 e. The van der Waals surface area contributed by atoms with Crippen molar-refractivity contribution in [1.29, 1.82) is 0 Å². The fourth-order valence-corrected chi connectivity index (χ4v) is 2.86. The lowest BCUT2D eigenvalue weighted by atomic mass is 9.89. The van der Waals surface area contributed by atoms with Crippen LogP contribution in [0.4, 0.5) is 0 Å². The fourth-order valence-electron chi connectivity index (χ4n) is 1.40. The summed E-state index contributed by atoms with van der Waals surface area (Å²) in [5.74, 6) is 1.01. The van der Waals surface area contributed by atoms with Gasteiger partial charge in [-0.15, -0.1) is 0 Å². The van der Waals surface area contributed by atoms with Gasteiger partial charge in [-0.25, -0.2) is 4.79 Å². The molecule has 6 heteroatoms. The van der Waals surface area contributed by atoms with Gasteiger partial charge >= 0.3 is 11.9 Å². The van der Waals surface area contributed by atoms with Gasteiger partial charge in [0, 0.05) is 11.2 Å². The fraction of sp³-hybridized carbons (Fsp3) is 0.625.